The summed E-state index contributed by atoms with van der Waals surface area (Å²) in [4.78, 5) is 23.4. The molecule has 1 heterocycles. The van der Waals surface area contributed by atoms with E-state index in [0.29, 0.717) is 9.25 Å². The van der Waals surface area contributed by atoms with Crippen LogP contribution >= 0.6 is 0 Å². The maximum Gasteiger partial charge on any atom is 0.451 e. The molecule has 0 spiro atoms. The number of benzene rings is 1. The van der Waals surface area contributed by atoms with E-state index in [9.17, 15) is 27.2 Å². The van der Waals surface area contributed by atoms with Crippen LogP contribution in [-0.4, -0.2) is 26.8 Å². The summed E-state index contributed by atoms with van der Waals surface area (Å²) >= 11 is 0. The molecule has 2 aromatic rings. The Labute approximate surface area is 127 Å². The van der Waals surface area contributed by atoms with E-state index in [1.807, 2.05) is 0 Å². The van der Waals surface area contributed by atoms with E-state index in [1.54, 1.807) is 0 Å². The smallest absolute Gasteiger partial charge is 0.350 e. The molecule has 0 unspecified atom stereocenters. The molecule has 6 nitrogen and oxygen atoms in total. The number of hydrogen-bond donors (Lipinski definition) is 1. The predicted octanol–water partition coefficient (Wildman–Crippen LogP) is 1.17. The number of halogens is 4. The third-order valence-corrected chi connectivity index (χ3v) is 3.02. The van der Waals surface area contributed by atoms with Crippen LogP contribution in [0.5, 0.6) is 0 Å². The van der Waals surface area contributed by atoms with Crippen LogP contribution in [0.2, 0.25) is 0 Å². The van der Waals surface area contributed by atoms with E-state index in [4.69, 9.17) is 0 Å². The van der Waals surface area contributed by atoms with Crippen LogP contribution in [0, 0.1) is 5.82 Å². The molecular weight excluding hydrogens is 320 g/mol. The van der Waals surface area contributed by atoms with Gasteiger partial charge in [-0.1, -0.05) is 12.1 Å². The third-order valence-electron chi connectivity index (χ3n) is 3.02. The fourth-order valence-corrected chi connectivity index (χ4v) is 1.90. The monoisotopic (exact) mass is 332 g/mol. The first-order chi connectivity index (χ1) is 10.7. The number of alkyl halides is 3. The highest BCUT2D eigenvalue weighted by atomic mass is 19.4. The number of amides is 1. The second-order valence-electron chi connectivity index (χ2n) is 4.62. The molecule has 1 amide bonds. The molecule has 0 atom stereocenters. The highest BCUT2D eigenvalue weighted by Gasteiger charge is 2.37. The second kappa shape index (κ2) is 6.23. The summed E-state index contributed by atoms with van der Waals surface area (Å²) in [6, 6.07) is 5.25. The second-order valence-corrected chi connectivity index (χ2v) is 4.62. The average molecular weight is 332 g/mol. The number of aromatic nitrogens is 3. The summed E-state index contributed by atoms with van der Waals surface area (Å²) in [5.74, 6) is -2.79. The van der Waals surface area contributed by atoms with Crippen LogP contribution in [0.15, 0.2) is 29.1 Å². The molecule has 124 valence electrons. The van der Waals surface area contributed by atoms with E-state index in [0.717, 1.165) is 13.1 Å². The van der Waals surface area contributed by atoms with E-state index < -0.39 is 29.4 Å². The summed E-state index contributed by atoms with van der Waals surface area (Å²) < 4.78 is 52.2. The van der Waals surface area contributed by atoms with Gasteiger partial charge in [-0.05, 0) is 12.1 Å². The van der Waals surface area contributed by atoms with Gasteiger partial charge in [0, 0.05) is 13.6 Å². The minimum Gasteiger partial charge on any atom is -0.350 e. The van der Waals surface area contributed by atoms with Crippen LogP contribution in [0.25, 0.3) is 0 Å². The minimum atomic E-state index is -4.75. The van der Waals surface area contributed by atoms with Crippen molar-refractivity contribution in [3.63, 3.8) is 0 Å². The Balaban J connectivity index is 2.04. The van der Waals surface area contributed by atoms with E-state index in [-0.39, 0.29) is 18.7 Å². The number of carbonyl (C=O) groups excluding carboxylic acids is 1. The molecule has 0 bridgehead atoms. The summed E-state index contributed by atoms with van der Waals surface area (Å²) in [6.07, 6.45) is -4.75. The molecule has 0 aliphatic rings. The van der Waals surface area contributed by atoms with Gasteiger partial charge in [-0.2, -0.15) is 13.2 Å². The Morgan fingerprint density at radius 1 is 1.30 bits per heavy atom. The largest absolute Gasteiger partial charge is 0.451 e. The van der Waals surface area contributed by atoms with Gasteiger partial charge in [-0.3, -0.25) is 9.36 Å². The Bertz CT molecular complexity index is 779. The van der Waals surface area contributed by atoms with Crippen molar-refractivity contribution in [2.24, 2.45) is 7.05 Å². The lowest BCUT2D eigenvalue weighted by Crippen LogP contribution is -2.32. The molecule has 1 N–H and O–H groups in total. The molecule has 0 radical (unpaired) electrons. The molecule has 23 heavy (non-hydrogen) atoms. The maximum atomic E-state index is 13.4. The molecule has 0 fully saturated rings. The molecule has 0 saturated heterocycles. The van der Waals surface area contributed by atoms with Crippen LogP contribution < -0.4 is 11.0 Å². The molecule has 0 aliphatic carbocycles. The lowest BCUT2D eigenvalue weighted by Gasteiger charge is -2.05. The number of nitrogens with zero attached hydrogens (tertiary/aromatic N) is 3. The van der Waals surface area contributed by atoms with Crippen molar-refractivity contribution in [2.75, 3.05) is 6.54 Å². The molecule has 0 aliphatic heterocycles. The first-order valence-electron chi connectivity index (χ1n) is 6.45. The van der Waals surface area contributed by atoms with Gasteiger partial charge < -0.3 is 5.32 Å². The summed E-state index contributed by atoms with van der Waals surface area (Å²) in [6.45, 7) is -0.454. The Kier molecular flexibility index (Phi) is 4.52. The predicted molar refractivity (Wildman–Crippen MR) is 71.2 cm³/mol. The summed E-state index contributed by atoms with van der Waals surface area (Å²) in [7, 11) is 0.951. The van der Waals surface area contributed by atoms with Gasteiger partial charge in [-0.25, -0.2) is 13.9 Å². The van der Waals surface area contributed by atoms with Gasteiger partial charge in [0.25, 0.3) is 5.91 Å². The molecule has 1 aromatic heterocycles. The quantitative estimate of drug-likeness (QED) is 0.855. The van der Waals surface area contributed by atoms with E-state index in [2.05, 4.69) is 10.4 Å². The fraction of sp³-hybridized carbons (Fsp3) is 0.308. The lowest BCUT2D eigenvalue weighted by atomic mass is 10.2. The van der Waals surface area contributed by atoms with Crippen molar-refractivity contribution < 1.29 is 22.4 Å². The van der Waals surface area contributed by atoms with Crippen LogP contribution in [-0.2, 0) is 19.8 Å². The summed E-state index contributed by atoms with van der Waals surface area (Å²) in [5, 5.41) is 5.50. The zero-order valence-corrected chi connectivity index (χ0v) is 11.9. The van der Waals surface area contributed by atoms with Gasteiger partial charge in [-0.15, -0.1) is 5.10 Å². The highest BCUT2D eigenvalue weighted by molar-refractivity contribution is 5.94. The van der Waals surface area contributed by atoms with Crippen molar-refractivity contribution in [1.82, 2.24) is 19.7 Å². The Morgan fingerprint density at radius 2 is 1.96 bits per heavy atom. The van der Waals surface area contributed by atoms with Crippen molar-refractivity contribution in [3.05, 3.63) is 52.0 Å². The van der Waals surface area contributed by atoms with Crippen LogP contribution in [0.1, 0.15) is 16.2 Å². The Hall–Kier alpha value is -2.65. The number of hydrogen-bond acceptors (Lipinski definition) is 3. The third kappa shape index (κ3) is 3.58. The fourth-order valence-electron chi connectivity index (χ4n) is 1.90. The number of rotatable bonds is 4. The SMILES string of the molecule is Cn1c(C(F)(F)F)nn(CCNC(=O)c2ccccc2F)c1=O. The topological polar surface area (TPSA) is 68.9 Å². The minimum absolute atomic E-state index is 0.179. The molecule has 0 saturated carbocycles. The van der Waals surface area contributed by atoms with Crippen molar-refractivity contribution in [2.45, 2.75) is 12.7 Å². The van der Waals surface area contributed by atoms with E-state index >= 15 is 0 Å². The Morgan fingerprint density at radius 3 is 2.52 bits per heavy atom. The maximum absolute atomic E-state index is 13.4. The average Bonchev–Trinajstić information content (AvgIpc) is 2.76. The molecule has 1 aromatic carbocycles. The van der Waals surface area contributed by atoms with Gasteiger partial charge in [0.2, 0.25) is 5.82 Å². The molecular formula is C13H12F4N4O2. The zero-order valence-electron chi connectivity index (χ0n) is 11.9. The molecule has 2 rings (SSSR count). The first kappa shape index (κ1) is 16.7. The number of nitrogens with one attached hydrogen (secondary N) is 1. The van der Waals surface area contributed by atoms with Gasteiger partial charge in [0.05, 0.1) is 12.1 Å². The highest BCUT2D eigenvalue weighted by Crippen LogP contribution is 2.25. The van der Waals surface area contributed by atoms with Gasteiger partial charge in [0.15, 0.2) is 0 Å². The molecule has 10 heteroatoms. The summed E-state index contributed by atoms with van der Waals surface area (Å²) in [5.41, 5.74) is -1.16. The van der Waals surface area contributed by atoms with E-state index in [1.165, 1.54) is 18.2 Å². The van der Waals surface area contributed by atoms with Gasteiger partial charge in [0.1, 0.15) is 5.82 Å². The van der Waals surface area contributed by atoms with Crippen molar-refractivity contribution in [3.8, 4) is 0 Å². The van der Waals surface area contributed by atoms with Crippen molar-refractivity contribution >= 4 is 5.91 Å². The normalized spacial score (nSPS) is 11.5. The van der Waals surface area contributed by atoms with Crippen LogP contribution in [0.4, 0.5) is 17.6 Å². The van der Waals surface area contributed by atoms with Crippen LogP contribution in [0.3, 0.4) is 0 Å². The number of carbonyl (C=O) groups is 1. The first-order valence-corrected chi connectivity index (χ1v) is 6.45. The lowest BCUT2D eigenvalue weighted by molar-refractivity contribution is -0.147. The standard InChI is InChI=1S/C13H12F4N4O2/c1-20-11(13(15,16)17)19-21(12(20)23)7-6-18-10(22)8-4-2-3-5-9(8)14/h2-5H,6-7H2,1H3,(H,18,22). The van der Waals surface area contributed by atoms with Crippen molar-refractivity contribution in [1.29, 1.82) is 0 Å². The zero-order chi connectivity index (χ0) is 17.2. The van der Waals surface area contributed by atoms with Gasteiger partial charge >= 0.3 is 11.9 Å².